The van der Waals surface area contributed by atoms with Crippen molar-refractivity contribution in [2.24, 2.45) is 5.73 Å². The average Bonchev–Trinajstić information content (AvgIpc) is 3.14. The smallest absolute Gasteiger partial charge is 0.230 e. The van der Waals surface area contributed by atoms with Gasteiger partial charge < -0.3 is 15.5 Å². The van der Waals surface area contributed by atoms with Crippen molar-refractivity contribution in [3.8, 4) is 0 Å². The van der Waals surface area contributed by atoms with Crippen LogP contribution in [-0.2, 0) is 11.2 Å². The summed E-state index contributed by atoms with van der Waals surface area (Å²) in [6.07, 6.45) is 4.54. The molecule has 2 heterocycles. The molecule has 1 aromatic heterocycles. The lowest BCUT2D eigenvalue weighted by molar-refractivity contribution is -0.133. The van der Waals surface area contributed by atoms with Crippen LogP contribution in [-0.4, -0.2) is 53.5 Å². The fourth-order valence-electron chi connectivity index (χ4n) is 4.53. The summed E-state index contributed by atoms with van der Waals surface area (Å²) in [7, 11) is 0. The fourth-order valence-corrected chi connectivity index (χ4v) is 4.79. The summed E-state index contributed by atoms with van der Waals surface area (Å²) in [5, 5.41) is 0. The molecule has 7 heteroatoms. The van der Waals surface area contributed by atoms with Gasteiger partial charge in [0.05, 0.1) is 5.92 Å². The topological polar surface area (TPSA) is 75.4 Å². The van der Waals surface area contributed by atoms with Crippen LogP contribution in [0.15, 0.2) is 35.1 Å². The highest BCUT2D eigenvalue weighted by molar-refractivity contribution is 9.10. The molecule has 0 spiro atoms. The summed E-state index contributed by atoms with van der Waals surface area (Å²) in [4.78, 5) is 26.7. The molecule has 2 aromatic rings. The number of aromatic nitrogens is 2. The van der Waals surface area contributed by atoms with Crippen LogP contribution in [0.4, 0.5) is 5.82 Å². The number of nitrogens with two attached hydrogens (primary N) is 1. The van der Waals surface area contributed by atoms with E-state index in [1.807, 2.05) is 29.2 Å². The zero-order valence-electron chi connectivity index (χ0n) is 16.9. The number of aryl methyl sites for hydroxylation is 1. The van der Waals surface area contributed by atoms with Crippen LogP contribution in [0.5, 0.6) is 0 Å². The van der Waals surface area contributed by atoms with Crippen molar-refractivity contribution < 1.29 is 4.79 Å². The molecule has 6 nitrogen and oxygen atoms in total. The van der Waals surface area contributed by atoms with Crippen LogP contribution in [0.1, 0.15) is 48.4 Å². The number of anilines is 1. The highest BCUT2D eigenvalue weighted by Gasteiger charge is 2.31. The molecule has 0 saturated carbocycles. The van der Waals surface area contributed by atoms with Gasteiger partial charge in [-0.05, 0) is 49.4 Å². The van der Waals surface area contributed by atoms with Gasteiger partial charge in [-0.2, -0.15) is 0 Å². The fraction of sp³-hybridized carbons (Fsp3) is 0.500. The molecule has 0 radical (unpaired) electrons. The van der Waals surface area contributed by atoms with E-state index >= 15 is 0 Å². The first-order chi connectivity index (χ1) is 14.1. The second-order valence-corrected chi connectivity index (χ2v) is 8.91. The monoisotopic (exact) mass is 457 g/mol. The van der Waals surface area contributed by atoms with Crippen LogP contribution in [0.3, 0.4) is 0 Å². The molecule has 2 atom stereocenters. The molecule has 1 amide bonds. The first-order valence-electron chi connectivity index (χ1n) is 10.4. The van der Waals surface area contributed by atoms with Gasteiger partial charge in [0.2, 0.25) is 5.91 Å². The Morgan fingerprint density at radius 1 is 1.21 bits per heavy atom. The van der Waals surface area contributed by atoms with E-state index < -0.39 is 0 Å². The predicted molar refractivity (Wildman–Crippen MR) is 118 cm³/mol. The molecule has 1 saturated heterocycles. The van der Waals surface area contributed by atoms with E-state index in [-0.39, 0.29) is 11.8 Å². The number of fused-ring (bicyclic) bond motifs is 1. The molecular formula is C22H28BrN5O. The lowest BCUT2D eigenvalue weighted by Crippen LogP contribution is -2.50. The Labute approximate surface area is 180 Å². The Morgan fingerprint density at radius 3 is 2.62 bits per heavy atom. The Bertz CT molecular complexity index is 864. The SMILES string of the molecule is C[C@@H]1CCc2ncnc(N3CCN(C(=O)C(CCN)c4ccc(Br)cc4)CC3)c21. The summed E-state index contributed by atoms with van der Waals surface area (Å²) in [6.45, 7) is 5.79. The van der Waals surface area contributed by atoms with E-state index in [0.29, 0.717) is 32.0 Å². The second kappa shape index (κ2) is 8.79. The van der Waals surface area contributed by atoms with E-state index in [1.54, 1.807) is 6.33 Å². The maximum absolute atomic E-state index is 13.3. The van der Waals surface area contributed by atoms with Gasteiger partial charge in [-0.15, -0.1) is 0 Å². The number of hydrogen-bond acceptors (Lipinski definition) is 5. The number of benzene rings is 1. The molecule has 1 aromatic carbocycles. The summed E-state index contributed by atoms with van der Waals surface area (Å²) in [6, 6.07) is 8.01. The van der Waals surface area contributed by atoms with Gasteiger partial charge in [0.1, 0.15) is 12.1 Å². The van der Waals surface area contributed by atoms with Crippen molar-refractivity contribution >= 4 is 27.7 Å². The number of nitrogens with zero attached hydrogens (tertiary/aromatic N) is 4. The zero-order chi connectivity index (χ0) is 20.4. The van der Waals surface area contributed by atoms with E-state index in [0.717, 1.165) is 41.8 Å². The van der Waals surface area contributed by atoms with Crippen molar-refractivity contribution in [2.75, 3.05) is 37.6 Å². The number of carbonyl (C=O) groups excluding carboxylic acids is 1. The van der Waals surface area contributed by atoms with Gasteiger partial charge in [0.15, 0.2) is 0 Å². The molecule has 2 aliphatic rings. The molecule has 1 aliphatic heterocycles. The first-order valence-corrected chi connectivity index (χ1v) is 11.2. The molecule has 1 aliphatic carbocycles. The van der Waals surface area contributed by atoms with Crippen LogP contribution in [0.25, 0.3) is 0 Å². The predicted octanol–water partition coefficient (Wildman–Crippen LogP) is 3.07. The second-order valence-electron chi connectivity index (χ2n) is 7.99. The Kier molecular flexibility index (Phi) is 6.15. The van der Waals surface area contributed by atoms with Crippen molar-refractivity contribution in [2.45, 2.75) is 38.0 Å². The third-order valence-electron chi connectivity index (χ3n) is 6.17. The minimum absolute atomic E-state index is 0.178. The van der Waals surface area contributed by atoms with Crippen molar-refractivity contribution in [3.63, 3.8) is 0 Å². The number of piperazine rings is 1. The number of halogens is 1. The Morgan fingerprint density at radius 2 is 1.93 bits per heavy atom. The molecule has 0 bridgehead atoms. The normalized spacial score (nSPS) is 19.9. The molecular weight excluding hydrogens is 430 g/mol. The van der Waals surface area contributed by atoms with Crippen LogP contribution in [0.2, 0.25) is 0 Å². The van der Waals surface area contributed by atoms with Crippen molar-refractivity contribution in [1.82, 2.24) is 14.9 Å². The maximum atomic E-state index is 13.3. The lowest BCUT2D eigenvalue weighted by atomic mass is 9.94. The van der Waals surface area contributed by atoms with Crippen LogP contribution >= 0.6 is 15.9 Å². The van der Waals surface area contributed by atoms with Gasteiger partial charge in [-0.3, -0.25) is 4.79 Å². The molecule has 4 rings (SSSR count). The van der Waals surface area contributed by atoms with Gasteiger partial charge >= 0.3 is 0 Å². The Hall–Kier alpha value is -1.99. The minimum Gasteiger partial charge on any atom is -0.353 e. The summed E-state index contributed by atoms with van der Waals surface area (Å²) >= 11 is 3.47. The van der Waals surface area contributed by atoms with E-state index in [2.05, 4.69) is 37.7 Å². The minimum atomic E-state index is -0.178. The third-order valence-corrected chi connectivity index (χ3v) is 6.70. The standard InChI is InChI=1S/C22H28BrN5O/c1-15-2-7-19-20(15)21(26-14-25-19)27-10-12-28(13-11-27)22(29)18(8-9-24)16-3-5-17(23)6-4-16/h3-6,14-15,18H,2,7-13,24H2,1H3/t15-,18?/m1/s1. The number of amides is 1. The molecule has 1 fully saturated rings. The maximum Gasteiger partial charge on any atom is 0.230 e. The highest BCUT2D eigenvalue weighted by atomic mass is 79.9. The van der Waals surface area contributed by atoms with Gasteiger partial charge in [0.25, 0.3) is 0 Å². The number of carbonyl (C=O) groups is 1. The molecule has 2 N–H and O–H groups in total. The van der Waals surface area contributed by atoms with E-state index in [1.165, 1.54) is 11.3 Å². The zero-order valence-corrected chi connectivity index (χ0v) is 18.4. The molecule has 29 heavy (non-hydrogen) atoms. The summed E-state index contributed by atoms with van der Waals surface area (Å²) < 4.78 is 1.01. The van der Waals surface area contributed by atoms with Crippen LogP contribution in [0, 0.1) is 0 Å². The van der Waals surface area contributed by atoms with E-state index in [9.17, 15) is 4.79 Å². The number of rotatable bonds is 5. The lowest BCUT2D eigenvalue weighted by Gasteiger charge is -2.38. The van der Waals surface area contributed by atoms with Crippen molar-refractivity contribution in [1.29, 1.82) is 0 Å². The van der Waals surface area contributed by atoms with E-state index in [4.69, 9.17) is 5.73 Å². The third kappa shape index (κ3) is 4.16. The van der Waals surface area contributed by atoms with Gasteiger partial charge in [-0.25, -0.2) is 9.97 Å². The van der Waals surface area contributed by atoms with Gasteiger partial charge in [0, 0.05) is 41.9 Å². The largest absolute Gasteiger partial charge is 0.353 e. The first kappa shape index (κ1) is 20.3. The summed E-state index contributed by atoms with van der Waals surface area (Å²) in [5.41, 5.74) is 9.36. The molecule has 154 valence electrons. The quantitative estimate of drug-likeness (QED) is 0.746. The average molecular weight is 458 g/mol. The van der Waals surface area contributed by atoms with Gasteiger partial charge in [-0.1, -0.05) is 35.0 Å². The van der Waals surface area contributed by atoms with Crippen molar-refractivity contribution in [3.05, 3.63) is 51.9 Å². The Balaban J connectivity index is 1.46. The number of hydrogen-bond donors (Lipinski definition) is 1. The summed E-state index contributed by atoms with van der Waals surface area (Å²) in [5.74, 6) is 1.58. The van der Waals surface area contributed by atoms with Crippen LogP contribution < -0.4 is 10.6 Å². The highest BCUT2D eigenvalue weighted by Crippen LogP contribution is 2.37. The molecule has 1 unspecified atom stereocenters.